The van der Waals surface area contributed by atoms with Crippen LogP contribution in [-0.2, 0) is 6.42 Å². The zero-order chi connectivity index (χ0) is 31.6. The first-order valence-corrected chi connectivity index (χ1v) is 17.2. The molecular formula is C36H48N2O2S3. The minimum atomic E-state index is 0.776. The maximum atomic E-state index is 5.09. The fourth-order valence-electron chi connectivity index (χ4n) is 3.50. The summed E-state index contributed by atoms with van der Waals surface area (Å²) in [4.78, 5) is 2.40. The van der Waals surface area contributed by atoms with Gasteiger partial charge in [-0.3, -0.25) is 4.31 Å². The Bertz CT molecular complexity index is 1350. The van der Waals surface area contributed by atoms with E-state index in [4.69, 9.17) is 9.47 Å². The Morgan fingerprint density at radius 2 is 1.58 bits per heavy atom. The second kappa shape index (κ2) is 20.2. The number of anilines is 1. The van der Waals surface area contributed by atoms with E-state index in [0.717, 1.165) is 34.9 Å². The quantitative estimate of drug-likeness (QED) is 0.174. The number of ether oxygens (including phenoxy) is 2. The number of hydrogen-bond donors (Lipinski definition) is 1. The van der Waals surface area contributed by atoms with Crippen molar-refractivity contribution in [1.82, 2.24) is 4.31 Å². The summed E-state index contributed by atoms with van der Waals surface area (Å²) in [5.74, 6) is 1.56. The molecule has 0 amide bonds. The van der Waals surface area contributed by atoms with Crippen molar-refractivity contribution in [2.45, 2.75) is 67.4 Å². The minimum Gasteiger partial charge on any atom is -0.493 e. The first kappa shape index (κ1) is 36.4. The smallest absolute Gasteiger partial charge is 0.160 e. The average Bonchev–Trinajstić information content (AvgIpc) is 3.83. The van der Waals surface area contributed by atoms with E-state index in [1.54, 1.807) is 49.3 Å². The Labute approximate surface area is 273 Å². The molecule has 4 aromatic rings. The summed E-state index contributed by atoms with van der Waals surface area (Å²) in [5.41, 5.74) is 5.62. The van der Waals surface area contributed by atoms with Gasteiger partial charge in [0.1, 0.15) is 0 Å². The number of aryl methyl sites for hydroxylation is 2. The highest BCUT2D eigenvalue weighted by atomic mass is 32.2. The van der Waals surface area contributed by atoms with Crippen LogP contribution in [0.2, 0.25) is 0 Å². The van der Waals surface area contributed by atoms with Crippen LogP contribution >= 0.6 is 35.0 Å². The topological polar surface area (TPSA) is 33.7 Å². The van der Waals surface area contributed by atoms with E-state index in [9.17, 15) is 0 Å². The van der Waals surface area contributed by atoms with Gasteiger partial charge >= 0.3 is 0 Å². The third-order valence-electron chi connectivity index (χ3n) is 5.83. The van der Waals surface area contributed by atoms with Crippen molar-refractivity contribution < 1.29 is 9.47 Å². The number of hydrogen-bond acceptors (Lipinski definition) is 7. The van der Waals surface area contributed by atoms with Gasteiger partial charge in [-0.25, -0.2) is 0 Å². The van der Waals surface area contributed by atoms with Crippen molar-refractivity contribution in [2.75, 3.05) is 33.6 Å². The van der Waals surface area contributed by atoms with Gasteiger partial charge in [-0.15, -0.1) is 11.3 Å². The minimum absolute atomic E-state index is 0.776. The van der Waals surface area contributed by atoms with Gasteiger partial charge in [-0.05, 0) is 97.9 Å². The van der Waals surface area contributed by atoms with Gasteiger partial charge in [-0.2, -0.15) is 0 Å². The van der Waals surface area contributed by atoms with Gasteiger partial charge in [0.25, 0.3) is 0 Å². The number of thiophene rings is 1. The van der Waals surface area contributed by atoms with E-state index in [0.29, 0.717) is 0 Å². The SMILES string of the molecule is C1CC1.C=C(Nc1cc(Sc2cccs2)ccc1SN(C)C)c1ccc(CC)cc1.CC.COc1ccc(C)cc1OC. The molecule has 0 unspecified atom stereocenters. The fraction of sp³-hybridized carbons (Fsp3) is 0.333. The molecule has 7 heteroatoms. The van der Waals surface area contributed by atoms with Crippen molar-refractivity contribution >= 4 is 46.4 Å². The Morgan fingerprint density at radius 3 is 2.12 bits per heavy atom. The maximum absolute atomic E-state index is 5.09. The van der Waals surface area contributed by atoms with E-state index >= 15 is 0 Å². The zero-order valence-corrected chi connectivity index (χ0v) is 29.5. The van der Waals surface area contributed by atoms with Gasteiger partial charge in [-0.1, -0.05) is 94.8 Å². The van der Waals surface area contributed by atoms with Crippen LogP contribution in [0.5, 0.6) is 11.5 Å². The van der Waals surface area contributed by atoms with E-state index in [1.807, 2.05) is 39.0 Å². The molecule has 1 fully saturated rings. The Hall–Kier alpha value is -2.84. The molecule has 0 radical (unpaired) electrons. The van der Waals surface area contributed by atoms with Crippen LogP contribution in [0.1, 0.15) is 56.7 Å². The first-order valence-electron chi connectivity index (χ1n) is 14.8. The lowest BCUT2D eigenvalue weighted by Gasteiger charge is -2.17. The Kier molecular flexibility index (Phi) is 17.1. The van der Waals surface area contributed by atoms with Crippen molar-refractivity contribution in [3.05, 3.63) is 101 Å². The summed E-state index contributed by atoms with van der Waals surface area (Å²) in [6.45, 7) is 12.4. The molecule has 0 aliphatic heterocycles. The summed E-state index contributed by atoms with van der Waals surface area (Å²) in [6.07, 6.45) is 5.55. The third-order valence-corrected chi connectivity index (χ3v) is 8.78. The number of nitrogens with zero attached hydrogens (tertiary/aromatic N) is 1. The van der Waals surface area contributed by atoms with E-state index < -0.39 is 0 Å². The van der Waals surface area contributed by atoms with Gasteiger partial charge < -0.3 is 14.8 Å². The van der Waals surface area contributed by atoms with Crippen LogP contribution < -0.4 is 14.8 Å². The summed E-state index contributed by atoms with van der Waals surface area (Å²) >= 11 is 5.26. The monoisotopic (exact) mass is 636 g/mol. The van der Waals surface area contributed by atoms with Crippen LogP contribution in [0.25, 0.3) is 5.70 Å². The van der Waals surface area contributed by atoms with Gasteiger partial charge in [0.15, 0.2) is 11.5 Å². The van der Waals surface area contributed by atoms with Gasteiger partial charge in [0, 0.05) is 15.5 Å². The highest BCUT2D eigenvalue weighted by Gasteiger charge is 2.10. The molecule has 5 rings (SSSR count). The number of benzene rings is 3. The van der Waals surface area contributed by atoms with Crippen LogP contribution in [-0.4, -0.2) is 32.6 Å². The largest absolute Gasteiger partial charge is 0.493 e. The molecule has 1 aliphatic rings. The summed E-state index contributed by atoms with van der Waals surface area (Å²) in [5, 5.41) is 5.65. The first-order chi connectivity index (χ1) is 20.8. The van der Waals surface area contributed by atoms with Crippen LogP contribution in [0.4, 0.5) is 5.69 Å². The predicted molar refractivity (Wildman–Crippen MR) is 192 cm³/mol. The molecule has 0 atom stereocenters. The van der Waals surface area contributed by atoms with E-state index in [-0.39, 0.29) is 0 Å². The molecule has 232 valence electrons. The lowest BCUT2D eigenvalue weighted by Crippen LogP contribution is -2.03. The van der Waals surface area contributed by atoms with Crippen molar-refractivity contribution in [2.24, 2.45) is 0 Å². The zero-order valence-electron chi connectivity index (χ0n) is 27.0. The standard InChI is InChI=1S/C22H24N2S3.C9H12O2.C3H6.C2H6/c1-5-17-8-10-18(11-9-17)16(2)23-20-15-19(26-22-7-6-14-25-22)12-13-21(20)27-24(3)4;1-7-4-5-8(10-2)9(6-7)11-3;1-2-3-1;1-2/h6-15,23H,2,5H2,1,3-4H3;4-6H,1-3H3;1-3H2;1-2H3. The maximum Gasteiger partial charge on any atom is 0.160 e. The van der Waals surface area contributed by atoms with Gasteiger partial charge in [0.05, 0.1) is 24.1 Å². The second-order valence-electron chi connectivity index (χ2n) is 9.67. The number of methoxy groups -OCH3 is 2. The highest BCUT2D eigenvalue weighted by molar-refractivity contribution is 8.01. The lowest BCUT2D eigenvalue weighted by molar-refractivity contribution is 0.354. The van der Waals surface area contributed by atoms with Gasteiger partial charge in [0.2, 0.25) is 0 Å². The molecule has 0 spiro atoms. The number of rotatable bonds is 10. The van der Waals surface area contributed by atoms with Crippen molar-refractivity contribution in [1.29, 1.82) is 0 Å². The predicted octanol–water partition coefficient (Wildman–Crippen LogP) is 11.3. The molecular weight excluding hydrogens is 589 g/mol. The molecule has 4 nitrogen and oxygen atoms in total. The molecule has 0 bridgehead atoms. The molecule has 1 aliphatic carbocycles. The van der Waals surface area contributed by atoms with Crippen LogP contribution in [0.3, 0.4) is 0 Å². The molecule has 1 heterocycles. The normalized spacial score (nSPS) is 11.1. The summed E-state index contributed by atoms with van der Waals surface area (Å²) < 4.78 is 13.6. The average molecular weight is 637 g/mol. The van der Waals surface area contributed by atoms with E-state index in [1.165, 1.54) is 44.4 Å². The Balaban J connectivity index is 0.000000331. The lowest BCUT2D eigenvalue weighted by atomic mass is 10.1. The van der Waals surface area contributed by atoms with Crippen molar-refractivity contribution in [3.8, 4) is 11.5 Å². The second-order valence-corrected chi connectivity index (χ2v) is 13.3. The molecule has 3 aromatic carbocycles. The summed E-state index contributed by atoms with van der Waals surface area (Å²) in [6, 6.07) is 25.2. The molecule has 1 saturated carbocycles. The highest BCUT2D eigenvalue weighted by Crippen LogP contribution is 2.38. The molecule has 43 heavy (non-hydrogen) atoms. The third kappa shape index (κ3) is 13.6. The molecule has 0 saturated heterocycles. The fourth-order valence-corrected chi connectivity index (χ4v) is 6.02. The molecule has 1 N–H and O–H groups in total. The summed E-state index contributed by atoms with van der Waals surface area (Å²) in [7, 11) is 7.38. The Morgan fingerprint density at radius 1 is 0.907 bits per heavy atom. The van der Waals surface area contributed by atoms with Crippen LogP contribution in [0, 0.1) is 6.92 Å². The van der Waals surface area contributed by atoms with E-state index in [2.05, 4.69) is 97.2 Å². The van der Waals surface area contributed by atoms with Crippen molar-refractivity contribution in [3.63, 3.8) is 0 Å². The molecule has 1 aromatic heterocycles. The number of nitrogens with one attached hydrogen (secondary N) is 1. The van der Waals surface area contributed by atoms with Crippen LogP contribution in [0.15, 0.2) is 98.8 Å².